The van der Waals surface area contributed by atoms with E-state index in [9.17, 15) is 10.1 Å². The third-order valence-corrected chi connectivity index (χ3v) is 5.13. The maximum Gasteiger partial charge on any atom is 0.266 e. The molecule has 0 saturated heterocycles. The van der Waals surface area contributed by atoms with Crippen LogP contribution in [-0.2, 0) is 4.79 Å². The van der Waals surface area contributed by atoms with Gasteiger partial charge in [0.25, 0.3) is 5.91 Å². The van der Waals surface area contributed by atoms with E-state index in [1.54, 1.807) is 56.7 Å². The molecule has 174 valence electrons. The van der Waals surface area contributed by atoms with E-state index in [4.69, 9.17) is 18.9 Å². The Bertz CT molecular complexity index is 1200. The van der Waals surface area contributed by atoms with Crippen molar-refractivity contribution in [3.63, 3.8) is 0 Å². The van der Waals surface area contributed by atoms with E-state index in [0.29, 0.717) is 40.9 Å². The first-order valence-electron chi connectivity index (χ1n) is 10.3. The molecule has 0 heterocycles. The Labute approximate surface area is 206 Å². The van der Waals surface area contributed by atoms with Gasteiger partial charge in [-0.25, -0.2) is 0 Å². The number of hydrogen-bond acceptors (Lipinski definition) is 6. The number of methoxy groups -OCH3 is 2. The van der Waals surface area contributed by atoms with Gasteiger partial charge >= 0.3 is 0 Å². The second-order valence-corrected chi connectivity index (χ2v) is 7.83. The van der Waals surface area contributed by atoms with Crippen LogP contribution < -0.4 is 24.3 Å². The van der Waals surface area contributed by atoms with Crippen LogP contribution in [0, 0.1) is 11.3 Å². The van der Waals surface area contributed by atoms with E-state index in [1.807, 2.05) is 30.3 Å². The van der Waals surface area contributed by atoms with Gasteiger partial charge in [-0.2, -0.15) is 5.26 Å². The highest BCUT2D eigenvalue weighted by atomic mass is 79.9. The van der Waals surface area contributed by atoms with Gasteiger partial charge in [-0.1, -0.05) is 22.0 Å². The normalized spacial score (nSPS) is 10.7. The fourth-order valence-corrected chi connectivity index (χ4v) is 3.32. The first-order chi connectivity index (χ1) is 16.5. The zero-order valence-corrected chi connectivity index (χ0v) is 20.3. The summed E-state index contributed by atoms with van der Waals surface area (Å²) in [5.74, 6) is 2.03. The zero-order chi connectivity index (χ0) is 24.3. The Morgan fingerprint density at radius 2 is 1.65 bits per heavy atom. The van der Waals surface area contributed by atoms with Crippen molar-refractivity contribution < 1.29 is 23.7 Å². The van der Waals surface area contributed by atoms with E-state index >= 15 is 0 Å². The van der Waals surface area contributed by atoms with Crippen molar-refractivity contribution in [3.8, 4) is 29.1 Å². The summed E-state index contributed by atoms with van der Waals surface area (Å²) in [7, 11) is 3.16. The second kappa shape index (κ2) is 12.3. The molecule has 1 N–H and O–H groups in total. The third kappa shape index (κ3) is 7.02. The van der Waals surface area contributed by atoms with Gasteiger partial charge in [0.05, 0.1) is 14.2 Å². The van der Waals surface area contributed by atoms with Crippen molar-refractivity contribution in [2.45, 2.75) is 0 Å². The summed E-state index contributed by atoms with van der Waals surface area (Å²) < 4.78 is 22.6. The number of benzene rings is 3. The highest BCUT2D eigenvalue weighted by molar-refractivity contribution is 9.10. The van der Waals surface area contributed by atoms with Crippen molar-refractivity contribution in [2.75, 3.05) is 32.8 Å². The number of nitrogens with zero attached hydrogens (tertiary/aromatic N) is 1. The molecule has 0 spiro atoms. The highest BCUT2D eigenvalue weighted by Gasteiger charge is 2.12. The lowest BCUT2D eigenvalue weighted by Crippen LogP contribution is -2.13. The predicted molar refractivity (Wildman–Crippen MR) is 133 cm³/mol. The van der Waals surface area contributed by atoms with Crippen molar-refractivity contribution in [3.05, 3.63) is 82.3 Å². The Morgan fingerprint density at radius 3 is 2.35 bits per heavy atom. The third-order valence-electron chi connectivity index (χ3n) is 4.64. The minimum Gasteiger partial charge on any atom is -0.497 e. The molecule has 0 unspecified atom stereocenters. The van der Waals surface area contributed by atoms with Gasteiger partial charge < -0.3 is 24.3 Å². The van der Waals surface area contributed by atoms with E-state index in [0.717, 1.165) is 4.47 Å². The summed E-state index contributed by atoms with van der Waals surface area (Å²) in [6, 6.07) is 21.4. The fraction of sp³-hybridized carbons (Fsp3) is 0.154. The molecule has 0 radical (unpaired) electrons. The molecule has 0 aliphatic rings. The van der Waals surface area contributed by atoms with Gasteiger partial charge in [-0.15, -0.1) is 0 Å². The van der Waals surface area contributed by atoms with E-state index in [1.165, 1.54) is 6.08 Å². The maximum absolute atomic E-state index is 12.7. The quantitative estimate of drug-likeness (QED) is 0.215. The average molecular weight is 523 g/mol. The predicted octanol–water partition coefficient (Wildman–Crippen LogP) is 5.47. The van der Waals surface area contributed by atoms with Crippen molar-refractivity contribution in [1.82, 2.24) is 0 Å². The number of nitrogens with one attached hydrogen (secondary N) is 1. The second-order valence-electron chi connectivity index (χ2n) is 6.91. The average Bonchev–Trinajstić information content (AvgIpc) is 2.86. The van der Waals surface area contributed by atoms with Gasteiger partial charge in [0.15, 0.2) is 0 Å². The molecule has 0 saturated carbocycles. The highest BCUT2D eigenvalue weighted by Crippen LogP contribution is 2.26. The minimum absolute atomic E-state index is 0.0635. The van der Waals surface area contributed by atoms with Gasteiger partial charge in [-0.05, 0) is 60.7 Å². The lowest BCUT2D eigenvalue weighted by molar-refractivity contribution is -0.112. The minimum atomic E-state index is -0.528. The first-order valence-corrected chi connectivity index (χ1v) is 11.1. The number of ether oxygens (including phenoxy) is 4. The number of amides is 1. The zero-order valence-electron chi connectivity index (χ0n) is 18.7. The maximum atomic E-state index is 12.7. The SMILES string of the molecule is COc1ccc(NC(=O)/C(C#N)=C/c2cc(Br)ccc2OCCOc2cccc(OC)c2)cc1. The van der Waals surface area contributed by atoms with Crippen LogP contribution in [0.5, 0.6) is 23.0 Å². The topological polar surface area (TPSA) is 89.8 Å². The largest absolute Gasteiger partial charge is 0.497 e. The standard InChI is InChI=1S/C26H23BrN2O5/c1-31-22-9-7-21(8-10-22)29-26(30)19(17-28)14-18-15-20(27)6-11-25(18)34-13-12-33-24-5-3-4-23(16-24)32-2/h3-11,14-16H,12-13H2,1-2H3,(H,29,30)/b19-14+. The summed E-state index contributed by atoms with van der Waals surface area (Å²) in [6.07, 6.45) is 1.49. The van der Waals surface area contributed by atoms with Crippen molar-refractivity contribution in [2.24, 2.45) is 0 Å². The molecule has 8 heteroatoms. The lowest BCUT2D eigenvalue weighted by Gasteiger charge is -2.12. The number of anilines is 1. The molecule has 3 aromatic rings. The first kappa shape index (κ1) is 24.7. The summed E-state index contributed by atoms with van der Waals surface area (Å²) in [5.41, 5.74) is 1.07. The molecular weight excluding hydrogens is 500 g/mol. The number of rotatable bonds is 10. The molecule has 3 rings (SSSR count). The van der Waals surface area contributed by atoms with E-state index in [2.05, 4.69) is 21.2 Å². The molecule has 34 heavy (non-hydrogen) atoms. The Morgan fingerprint density at radius 1 is 0.941 bits per heavy atom. The summed E-state index contributed by atoms with van der Waals surface area (Å²) >= 11 is 3.42. The summed E-state index contributed by atoms with van der Waals surface area (Å²) in [5, 5.41) is 12.3. The van der Waals surface area contributed by atoms with Crippen LogP contribution in [0.1, 0.15) is 5.56 Å². The number of carbonyl (C=O) groups excluding carboxylic acids is 1. The van der Waals surface area contributed by atoms with Crippen LogP contribution in [0.3, 0.4) is 0 Å². The molecule has 0 aromatic heterocycles. The summed E-state index contributed by atoms with van der Waals surface area (Å²) in [6.45, 7) is 0.565. The van der Waals surface area contributed by atoms with Gasteiger partial charge in [0.1, 0.15) is 47.9 Å². The Kier molecular flexibility index (Phi) is 8.95. The molecule has 0 fully saturated rings. The van der Waals surface area contributed by atoms with Crippen LogP contribution in [0.25, 0.3) is 6.08 Å². The van der Waals surface area contributed by atoms with Gasteiger partial charge in [0.2, 0.25) is 0 Å². The van der Waals surface area contributed by atoms with Crippen molar-refractivity contribution in [1.29, 1.82) is 5.26 Å². The molecule has 0 atom stereocenters. The molecule has 1 amide bonds. The van der Waals surface area contributed by atoms with Crippen LogP contribution in [0.2, 0.25) is 0 Å². The number of halogens is 1. The molecular formula is C26H23BrN2O5. The molecule has 0 aliphatic heterocycles. The summed E-state index contributed by atoms with van der Waals surface area (Å²) in [4.78, 5) is 12.7. The van der Waals surface area contributed by atoms with Gasteiger partial charge in [0, 0.05) is 21.8 Å². The Hall–Kier alpha value is -3.96. The van der Waals surface area contributed by atoms with Crippen LogP contribution in [0.15, 0.2) is 76.8 Å². The van der Waals surface area contributed by atoms with E-state index in [-0.39, 0.29) is 12.2 Å². The Balaban J connectivity index is 1.67. The van der Waals surface area contributed by atoms with Crippen molar-refractivity contribution >= 4 is 33.6 Å². The molecule has 3 aromatic carbocycles. The monoisotopic (exact) mass is 522 g/mol. The van der Waals surface area contributed by atoms with Gasteiger partial charge in [-0.3, -0.25) is 4.79 Å². The smallest absolute Gasteiger partial charge is 0.266 e. The number of nitriles is 1. The molecule has 0 bridgehead atoms. The number of carbonyl (C=O) groups is 1. The molecule has 7 nitrogen and oxygen atoms in total. The fourth-order valence-electron chi connectivity index (χ4n) is 2.94. The lowest BCUT2D eigenvalue weighted by atomic mass is 10.1. The number of hydrogen-bond donors (Lipinski definition) is 1. The van der Waals surface area contributed by atoms with Crippen LogP contribution in [0.4, 0.5) is 5.69 Å². The molecule has 0 aliphatic carbocycles. The van der Waals surface area contributed by atoms with Crippen LogP contribution in [-0.4, -0.2) is 33.3 Å². The van der Waals surface area contributed by atoms with Crippen LogP contribution >= 0.6 is 15.9 Å². The van der Waals surface area contributed by atoms with E-state index < -0.39 is 5.91 Å².